The fourth-order valence-electron chi connectivity index (χ4n) is 0.778. The van der Waals surface area contributed by atoms with Gasteiger partial charge in [0.25, 0.3) is 0 Å². The van der Waals surface area contributed by atoms with E-state index in [1.807, 2.05) is 0 Å². The van der Waals surface area contributed by atoms with Crippen LogP contribution < -0.4 is 10.5 Å². The van der Waals surface area contributed by atoms with Crippen LogP contribution in [0.25, 0.3) is 0 Å². The molecule has 0 saturated carbocycles. The number of nitrogens with one attached hydrogen (secondary N) is 1. The Morgan fingerprint density at radius 2 is 2.33 bits per heavy atom. The topological polar surface area (TPSA) is 72.0 Å². The number of nitrogens with two attached hydrogens (primary N) is 1. The lowest BCUT2D eigenvalue weighted by atomic mass is 10.2. The quantitative estimate of drug-likeness (QED) is 0.411. The zero-order valence-corrected chi connectivity index (χ0v) is 7.22. The number of ether oxygens (including phenoxy) is 1. The Bertz CT molecular complexity index is 314. The van der Waals surface area contributed by atoms with Crippen LogP contribution in [0.5, 0.6) is 5.88 Å². The van der Waals surface area contributed by atoms with Crippen LogP contribution >= 0.6 is 11.6 Å². The van der Waals surface area contributed by atoms with E-state index in [2.05, 4.69) is 4.98 Å². The van der Waals surface area contributed by atoms with Gasteiger partial charge in [0.05, 0.1) is 12.7 Å². The summed E-state index contributed by atoms with van der Waals surface area (Å²) in [6.45, 7) is 0. The van der Waals surface area contributed by atoms with Crippen molar-refractivity contribution in [2.45, 2.75) is 0 Å². The maximum absolute atomic E-state index is 7.16. The van der Waals surface area contributed by atoms with Crippen LogP contribution in [-0.2, 0) is 0 Å². The predicted octanol–water partition coefficient (Wildman–Crippen LogP) is 1.03. The van der Waals surface area contributed by atoms with Gasteiger partial charge in [-0.25, -0.2) is 4.98 Å². The molecule has 5 heteroatoms. The molecule has 1 aromatic heterocycles. The summed E-state index contributed by atoms with van der Waals surface area (Å²) in [7, 11) is 1.45. The molecule has 0 aliphatic carbocycles. The van der Waals surface area contributed by atoms with Crippen molar-refractivity contribution in [3.8, 4) is 5.88 Å². The summed E-state index contributed by atoms with van der Waals surface area (Å²) >= 11 is 5.60. The second-order valence-corrected chi connectivity index (χ2v) is 2.49. The first-order valence-corrected chi connectivity index (χ1v) is 3.58. The molecule has 1 heterocycles. The highest BCUT2D eigenvalue weighted by molar-refractivity contribution is 6.29. The van der Waals surface area contributed by atoms with Gasteiger partial charge in [-0.2, -0.15) is 0 Å². The van der Waals surface area contributed by atoms with E-state index in [4.69, 9.17) is 27.5 Å². The van der Waals surface area contributed by atoms with Gasteiger partial charge in [-0.3, -0.25) is 5.41 Å². The molecule has 0 spiro atoms. The summed E-state index contributed by atoms with van der Waals surface area (Å²) in [5, 5.41) is 7.48. The summed E-state index contributed by atoms with van der Waals surface area (Å²) in [6.07, 6.45) is 0. The highest BCUT2D eigenvalue weighted by atomic mass is 35.5. The van der Waals surface area contributed by atoms with Crippen molar-refractivity contribution in [2.24, 2.45) is 5.73 Å². The normalized spacial score (nSPS) is 9.50. The minimum Gasteiger partial charge on any atom is -0.480 e. The number of amidine groups is 1. The molecule has 0 unspecified atom stereocenters. The summed E-state index contributed by atoms with van der Waals surface area (Å²) in [5.74, 6) is 0.186. The van der Waals surface area contributed by atoms with Gasteiger partial charge < -0.3 is 10.5 Å². The number of pyridine rings is 1. The average molecular weight is 186 g/mol. The van der Waals surface area contributed by atoms with Crippen molar-refractivity contribution in [1.82, 2.24) is 4.98 Å². The van der Waals surface area contributed by atoms with Crippen molar-refractivity contribution in [1.29, 1.82) is 5.41 Å². The number of halogens is 1. The van der Waals surface area contributed by atoms with Crippen LogP contribution in [-0.4, -0.2) is 17.9 Å². The Kier molecular flexibility index (Phi) is 2.50. The van der Waals surface area contributed by atoms with E-state index in [1.165, 1.54) is 7.11 Å². The number of methoxy groups -OCH3 is 1. The lowest BCUT2D eigenvalue weighted by Crippen LogP contribution is -2.13. The standard InChI is InChI=1S/C7H8ClN3O/c1-12-7-4(6(9)10)2-3-5(8)11-7/h2-3H,1H3,(H3,9,10). The van der Waals surface area contributed by atoms with E-state index >= 15 is 0 Å². The molecule has 0 amide bonds. The Hall–Kier alpha value is -1.29. The van der Waals surface area contributed by atoms with Crippen LogP contribution in [0.2, 0.25) is 5.15 Å². The van der Waals surface area contributed by atoms with Crippen LogP contribution in [0.4, 0.5) is 0 Å². The Balaban J connectivity index is 3.20. The third-order valence-corrected chi connectivity index (χ3v) is 1.52. The van der Waals surface area contributed by atoms with Gasteiger partial charge in [0.15, 0.2) is 0 Å². The number of aromatic nitrogens is 1. The molecule has 0 aromatic carbocycles. The fourth-order valence-corrected chi connectivity index (χ4v) is 0.918. The minimum atomic E-state index is -0.0870. The second kappa shape index (κ2) is 3.40. The predicted molar refractivity (Wildman–Crippen MR) is 46.8 cm³/mol. The molecule has 0 radical (unpaired) electrons. The zero-order valence-electron chi connectivity index (χ0n) is 6.47. The molecule has 0 saturated heterocycles. The van der Waals surface area contributed by atoms with Crippen LogP contribution in [0.1, 0.15) is 5.56 Å². The molecule has 12 heavy (non-hydrogen) atoms. The maximum atomic E-state index is 7.16. The van der Waals surface area contributed by atoms with Crippen LogP contribution in [0, 0.1) is 5.41 Å². The van der Waals surface area contributed by atoms with Gasteiger partial charge in [0.2, 0.25) is 5.88 Å². The molecular weight excluding hydrogens is 178 g/mol. The number of hydrogen-bond donors (Lipinski definition) is 2. The van der Waals surface area contributed by atoms with Crippen LogP contribution in [0.3, 0.4) is 0 Å². The SMILES string of the molecule is COc1nc(Cl)ccc1C(=N)N. The smallest absolute Gasteiger partial charge is 0.225 e. The van der Waals surface area contributed by atoms with Gasteiger partial charge in [-0.15, -0.1) is 0 Å². The maximum Gasteiger partial charge on any atom is 0.225 e. The Morgan fingerprint density at radius 1 is 1.67 bits per heavy atom. The van der Waals surface area contributed by atoms with E-state index in [-0.39, 0.29) is 11.7 Å². The summed E-state index contributed by atoms with van der Waals surface area (Å²) in [4.78, 5) is 3.84. The largest absolute Gasteiger partial charge is 0.480 e. The van der Waals surface area contributed by atoms with Gasteiger partial charge in [0.1, 0.15) is 11.0 Å². The monoisotopic (exact) mass is 185 g/mol. The molecule has 64 valence electrons. The van der Waals surface area contributed by atoms with Gasteiger partial charge in [-0.05, 0) is 12.1 Å². The highest BCUT2D eigenvalue weighted by Gasteiger charge is 2.06. The molecule has 1 rings (SSSR count). The van der Waals surface area contributed by atoms with E-state index in [0.29, 0.717) is 10.7 Å². The van der Waals surface area contributed by atoms with Crippen molar-refractivity contribution in [3.63, 3.8) is 0 Å². The van der Waals surface area contributed by atoms with Crippen molar-refractivity contribution in [3.05, 3.63) is 22.8 Å². The summed E-state index contributed by atoms with van der Waals surface area (Å²) in [5.41, 5.74) is 5.71. The number of hydrogen-bond acceptors (Lipinski definition) is 3. The number of nitrogen functional groups attached to an aromatic ring is 1. The third kappa shape index (κ3) is 1.65. The first kappa shape index (κ1) is 8.80. The highest BCUT2D eigenvalue weighted by Crippen LogP contribution is 2.17. The molecular formula is C7H8ClN3O. The lowest BCUT2D eigenvalue weighted by molar-refractivity contribution is 0.397. The summed E-state index contributed by atoms with van der Waals surface area (Å²) < 4.78 is 4.87. The molecule has 1 aromatic rings. The molecule has 0 aliphatic heterocycles. The zero-order chi connectivity index (χ0) is 9.14. The first-order chi connectivity index (χ1) is 5.65. The number of nitrogens with zero attached hydrogens (tertiary/aromatic N) is 1. The van der Waals surface area contributed by atoms with Gasteiger partial charge in [-0.1, -0.05) is 11.6 Å². The second-order valence-electron chi connectivity index (χ2n) is 2.10. The molecule has 4 nitrogen and oxygen atoms in total. The minimum absolute atomic E-state index is 0.0870. The Morgan fingerprint density at radius 3 is 2.83 bits per heavy atom. The van der Waals surface area contributed by atoms with Crippen LogP contribution in [0.15, 0.2) is 12.1 Å². The lowest BCUT2D eigenvalue weighted by Gasteiger charge is -2.04. The third-order valence-electron chi connectivity index (χ3n) is 1.31. The van der Waals surface area contributed by atoms with E-state index in [0.717, 1.165) is 0 Å². The molecule has 0 aliphatic rings. The average Bonchev–Trinajstić information content (AvgIpc) is 2.03. The Labute approximate surface area is 74.8 Å². The van der Waals surface area contributed by atoms with Crippen molar-refractivity contribution < 1.29 is 4.74 Å². The summed E-state index contributed by atoms with van der Waals surface area (Å²) in [6, 6.07) is 3.15. The molecule has 0 fully saturated rings. The molecule has 0 bridgehead atoms. The fraction of sp³-hybridized carbons (Fsp3) is 0.143. The van der Waals surface area contributed by atoms with Gasteiger partial charge in [0, 0.05) is 0 Å². The molecule has 3 N–H and O–H groups in total. The van der Waals surface area contributed by atoms with Crippen molar-refractivity contribution in [2.75, 3.05) is 7.11 Å². The van der Waals surface area contributed by atoms with E-state index in [1.54, 1.807) is 12.1 Å². The van der Waals surface area contributed by atoms with E-state index in [9.17, 15) is 0 Å². The number of rotatable bonds is 2. The van der Waals surface area contributed by atoms with Gasteiger partial charge >= 0.3 is 0 Å². The van der Waals surface area contributed by atoms with Crippen molar-refractivity contribution >= 4 is 17.4 Å². The van der Waals surface area contributed by atoms with E-state index < -0.39 is 0 Å². The molecule has 0 atom stereocenters. The first-order valence-electron chi connectivity index (χ1n) is 3.20.